The fraction of sp³-hybridized carbons (Fsp3) is 0.462. The first kappa shape index (κ1) is 13.2. The highest BCUT2D eigenvalue weighted by Crippen LogP contribution is 2.16. The van der Waals surface area contributed by atoms with Crippen molar-refractivity contribution in [3.05, 3.63) is 35.9 Å². The summed E-state index contributed by atoms with van der Waals surface area (Å²) < 4.78 is 0. The van der Waals surface area contributed by atoms with Crippen molar-refractivity contribution in [3.63, 3.8) is 0 Å². The van der Waals surface area contributed by atoms with Gasteiger partial charge >= 0.3 is 0 Å². The van der Waals surface area contributed by atoms with Gasteiger partial charge in [-0.05, 0) is 19.4 Å². The molecule has 0 spiro atoms. The van der Waals surface area contributed by atoms with Gasteiger partial charge in [-0.25, -0.2) is 0 Å². The van der Waals surface area contributed by atoms with Crippen molar-refractivity contribution in [1.29, 1.82) is 0 Å². The fourth-order valence-corrected chi connectivity index (χ4v) is 1.69. The Morgan fingerprint density at radius 2 is 1.88 bits per heavy atom. The maximum absolute atomic E-state index is 12.0. The molecule has 0 N–H and O–H groups in total. The van der Waals surface area contributed by atoms with Gasteiger partial charge in [-0.15, -0.1) is 0 Å². The van der Waals surface area contributed by atoms with Crippen LogP contribution in [-0.4, -0.2) is 28.7 Å². The molecule has 0 aliphatic rings. The normalized spacial score (nSPS) is 11.2. The van der Waals surface area contributed by atoms with E-state index in [0.717, 1.165) is 10.9 Å². The lowest BCUT2D eigenvalue weighted by Gasteiger charge is -2.34. The minimum atomic E-state index is -0.147. The molecule has 0 aromatic heterocycles. The molecule has 0 heterocycles. The van der Waals surface area contributed by atoms with E-state index in [1.807, 2.05) is 51.2 Å². The number of hydrogen-bond donors (Lipinski definition) is 0. The molecule has 0 aliphatic heterocycles. The van der Waals surface area contributed by atoms with Gasteiger partial charge in [0, 0.05) is 17.9 Å². The number of benzene rings is 1. The van der Waals surface area contributed by atoms with Crippen molar-refractivity contribution in [2.75, 3.05) is 12.4 Å². The van der Waals surface area contributed by atoms with Crippen LogP contribution in [0.15, 0.2) is 30.3 Å². The predicted molar refractivity (Wildman–Crippen MR) is 70.8 cm³/mol. The van der Waals surface area contributed by atoms with E-state index in [2.05, 4.69) is 15.9 Å². The number of nitrogens with zero attached hydrogens (tertiary/aromatic N) is 1. The second-order valence-corrected chi connectivity index (χ2v) is 5.12. The smallest absolute Gasteiger partial charge is 0.227 e. The summed E-state index contributed by atoms with van der Waals surface area (Å²) in [5.74, 6) is 0.149. The lowest BCUT2D eigenvalue weighted by atomic mass is 10.0. The van der Waals surface area contributed by atoms with E-state index in [0.29, 0.717) is 6.42 Å². The van der Waals surface area contributed by atoms with Crippen LogP contribution in [0.3, 0.4) is 0 Å². The molecule has 0 atom stereocenters. The maximum Gasteiger partial charge on any atom is 0.227 e. The average Bonchev–Trinajstić information content (AvgIpc) is 2.29. The fourth-order valence-electron chi connectivity index (χ4n) is 1.32. The van der Waals surface area contributed by atoms with Crippen LogP contribution in [0.5, 0.6) is 0 Å². The van der Waals surface area contributed by atoms with Crippen molar-refractivity contribution in [3.8, 4) is 0 Å². The zero-order valence-corrected chi connectivity index (χ0v) is 11.6. The third-order valence-electron chi connectivity index (χ3n) is 2.81. The van der Waals surface area contributed by atoms with Crippen LogP contribution in [0, 0.1) is 0 Å². The largest absolute Gasteiger partial charge is 0.340 e. The molecule has 0 unspecified atom stereocenters. The van der Waals surface area contributed by atoms with Crippen LogP contribution in [0.2, 0.25) is 0 Å². The number of hydrogen-bond acceptors (Lipinski definition) is 1. The van der Waals surface area contributed by atoms with Gasteiger partial charge in [-0.2, -0.15) is 0 Å². The molecule has 1 aromatic rings. The summed E-state index contributed by atoms with van der Waals surface area (Å²) in [7, 11) is 1.85. The summed E-state index contributed by atoms with van der Waals surface area (Å²) in [5, 5.41) is 0.775. The number of carbonyl (C=O) groups excluding carboxylic acids is 1. The second kappa shape index (κ2) is 5.48. The van der Waals surface area contributed by atoms with E-state index in [1.165, 1.54) is 0 Å². The third-order valence-corrected chi connectivity index (χ3v) is 4.18. The molecule has 0 saturated heterocycles. The van der Waals surface area contributed by atoms with Crippen LogP contribution in [0.4, 0.5) is 0 Å². The van der Waals surface area contributed by atoms with E-state index in [9.17, 15) is 4.79 Å². The standard InChI is InChI=1S/C13H18BrNO/c1-13(2,10-14)15(3)12(16)9-11-7-5-4-6-8-11/h4-8H,9-10H2,1-3H3. The Hall–Kier alpha value is -0.830. The lowest BCUT2D eigenvalue weighted by Crippen LogP contribution is -2.46. The first-order valence-electron chi connectivity index (χ1n) is 5.34. The van der Waals surface area contributed by atoms with Gasteiger partial charge in [-0.3, -0.25) is 4.79 Å². The van der Waals surface area contributed by atoms with Crippen LogP contribution >= 0.6 is 15.9 Å². The van der Waals surface area contributed by atoms with Crippen molar-refractivity contribution in [2.45, 2.75) is 25.8 Å². The highest BCUT2D eigenvalue weighted by molar-refractivity contribution is 9.09. The van der Waals surface area contributed by atoms with Gasteiger partial charge in [0.15, 0.2) is 0 Å². The van der Waals surface area contributed by atoms with Gasteiger partial charge in [-0.1, -0.05) is 46.3 Å². The molecule has 1 rings (SSSR count). The molecule has 0 radical (unpaired) electrons. The van der Waals surface area contributed by atoms with Crippen molar-refractivity contribution >= 4 is 21.8 Å². The van der Waals surface area contributed by atoms with Gasteiger partial charge < -0.3 is 4.90 Å². The predicted octanol–water partition coefficient (Wildman–Crippen LogP) is 2.86. The topological polar surface area (TPSA) is 20.3 Å². The minimum Gasteiger partial charge on any atom is -0.340 e. The molecule has 0 aliphatic carbocycles. The van der Waals surface area contributed by atoms with Gasteiger partial charge in [0.25, 0.3) is 0 Å². The number of alkyl halides is 1. The number of halogens is 1. The SMILES string of the molecule is CN(C(=O)Cc1ccccc1)C(C)(C)CBr. The Morgan fingerprint density at radius 1 is 1.31 bits per heavy atom. The third kappa shape index (κ3) is 3.34. The van der Waals surface area contributed by atoms with Crippen LogP contribution < -0.4 is 0 Å². The van der Waals surface area contributed by atoms with E-state index in [-0.39, 0.29) is 11.4 Å². The molecular formula is C13H18BrNO. The summed E-state index contributed by atoms with van der Waals surface area (Å²) >= 11 is 3.43. The van der Waals surface area contributed by atoms with Gasteiger partial charge in [0.1, 0.15) is 0 Å². The van der Waals surface area contributed by atoms with Gasteiger partial charge in [0.2, 0.25) is 5.91 Å². The Morgan fingerprint density at radius 3 is 2.38 bits per heavy atom. The van der Waals surface area contributed by atoms with Crippen LogP contribution in [-0.2, 0) is 11.2 Å². The van der Waals surface area contributed by atoms with E-state index in [1.54, 1.807) is 4.90 Å². The summed E-state index contributed by atoms with van der Waals surface area (Å²) in [6.45, 7) is 4.09. The molecule has 0 fully saturated rings. The van der Waals surface area contributed by atoms with Crippen LogP contribution in [0.25, 0.3) is 0 Å². The first-order chi connectivity index (χ1) is 7.47. The number of carbonyl (C=O) groups is 1. The molecule has 88 valence electrons. The van der Waals surface area contributed by atoms with E-state index >= 15 is 0 Å². The monoisotopic (exact) mass is 283 g/mol. The second-order valence-electron chi connectivity index (χ2n) is 4.56. The summed E-state index contributed by atoms with van der Waals surface area (Å²) in [6, 6.07) is 9.83. The minimum absolute atomic E-state index is 0.147. The Bertz CT molecular complexity index is 348. The molecule has 1 amide bonds. The molecule has 0 bridgehead atoms. The molecule has 16 heavy (non-hydrogen) atoms. The van der Waals surface area contributed by atoms with E-state index in [4.69, 9.17) is 0 Å². The van der Waals surface area contributed by atoms with Crippen LogP contribution in [0.1, 0.15) is 19.4 Å². The zero-order valence-electron chi connectivity index (χ0n) is 10.0. The highest BCUT2D eigenvalue weighted by Gasteiger charge is 2.25. The number of rotatable bonds is 4. The first-order valence-corrected chi connectivity index (χ1v) is 6.46. The number of likely N-dealkylation sites (N-methyl/N-ethyl adjacent to an activating group) is 1. The lowest BCUT2D eigenvalue weighted by molar-refractivity contribution is -0.133. The highest BCUT2D eigenvalue weighted by atomic mass is 79.9. The van der Waals surface area contributed by atoms with Crippen molar-refractivity contribution in [1.82, 2.24) is 4.90 Å². The van der Waals surface area contributed by atoms with Crippen molar-refractivity contribution in [2.24, 2.45) is 0 Å². The zero-order chi connectivity index (χ0) is 12.2. The molecular weight excluding hydrogens is 266 g/mol. The summed E-state index contributed by atoms with van der Waals surface area (Å²) in [4.78, 5) is 13.8. The molecule has 2 nitrogen and oxygen atoms in total. The summed E-state index contributed by atoms with van der Waals surface area (Å²) in [6.07, 6.45) is 0.466. The average molecular weight is 284 g/mol. The Labute approximate surface area is 106 Å². The Kier molecular flexibility index (Phi) is 4.54. The molecule has 3 heteroatoms. The Balaban J connectivity index is 2.66. The van der Waals surface area contributed by atoms with E-state index < -0.39 is 0 Å². The van der Waals surface area contributed by atoms with Crippen molar-refractivity contribution < 1.29 is 4.79 Å². The summed E-state index contributed by atoms with van der Waals surface area (Å²) in [5.41, 5.74) is 0.913. The quantitative estimate of drug-likeness (QED) is 0.779. The number of amides is 1. The van der Waals surface area contributed by atoms with Gasteiger partial charge in [0.05, 0.1) is 6.42 Å². The maximum atomic E-state index is 12.0. The molecule has 0 saturated carbocycles. The molecule has 1 aromatic carbocycles.